The molecule has 1 aliphatic heterocycles. The van der Waals surface area contributed by atoms with Gasteiger partial charge in [-0.1, -0.05) is 72.3 Å². The topological polar surface area (TPSA) is 67.2 Å². The number of piperidine rings is 1. The van der Waals surface area contributed by atoms with Crippen LogP contribution >= 0.6 is 0 Å². The Bertz CT molecular complexity index is 1410. The zero-order chi connectivity index (χ0) is 25.1. The third-order valence-electron chi connectivity index (χ3n) is 7.05. The zero-order valence-electron chi connectivity index (χ0n) is 20.9. The predicted molar refractivity (Wildman–Crippen MR) is 144 cm³/mol. The van der Waals surface area contributed by atoms with Crippen LogP contribution < -0.4 is 15.8 Å². The number of hydrogen-bond donors (Lipinski definition) is 1. The van der Waals surface area contributed by atoms with Gasteiger partial charge in [-0.3, -0.25) is 14.2 Å². The van der Waals surface area contributed by atoms with Gasteiger partial charge in [-0.2, -0.15) is 0 Å². The van der Waals surface area contributed by atoms with Crippen LogP contribution in [-0.2, 0) is 11.3 Å². The van der Waals surface area contributed by atoms with Crippen LogP contribution in [-0.4, -0.2) is 28.5 Å². The lowest BCUT2D eigenvalue weighted by molar-refractivity contribution is -0.125. The van der Waals surface area contributed by atoms with E-state index in [-0.39, 0.29) is 23.4 Å². The molecule has 5 rings (SSSR count). The monoisotopic (exact) mass is 480 g/mol. The van der Waals surface area contributed by atoms with E-state index < -0.39 is 0 Å². The van der Waals surface area contributed by atoms with E-state index in [1.807, 2.05) is 71.0 Å². The van der Waals surface area contributed by atoms with Crippen molar-refractivity contribution >= 4 is 22.8 Å². The summed E-state index contributed by atoms with van der Waals surface area (Å²) < 4.78 is 1.81. The normalized spacial score (nSPS) is 16.6. The Morgan fingerprint density at radius 3 is 2.53 bits per heavy atom. The average Bonchev–Trinajstić information content (AvgIpc) is 2.91. The van der Waals surface area contributed by atoms with E-state index in [2.05, 4.69) is 36.5 Å². The Morgan fingerprint density at radius 1 is 1.03 bits per heavy atom. The van der Waals surface area contributed by atoms with Crippen molar-refractivity contribution in [1.29, 1.82) is 0 Å². The van der Waals surface area contributed by atoms with Gasteiger partial charge in [0.25, 0.3) is 5.56 Å². The van der Waals surface area contributed by atoms with Gasteiger partial charge < -0.3 is 10.2 Å². The van der Waals surface area contributed by atoms with Gasteiger partial charge in [0, 0.05) is 13.1 Å². The summed E-state index contributed by atoms with van der Waals surface area (Å²) in [6, 6.07) is 25.9. The van der Waals surface area contributed by atoms with Gasteiger partial charge in [0.15, 0.2) is 5.82 Å². The highest BCUT2D eigenvalue weighted by Crippen LogP contribution is 2.23. The molecule has 3 aromatic carbocycles. The standard InChI is InChI=1S/C30H32N4O2/c1-21-14-16-23(17-15-21)19-34-27-13-7-6-12-26(27)32-28(30(34)36)33-18-8-11-25(20-33)29(35)31-22(2)24-9-4-3-5-10-24/h3-7,9-10,12-17,22,25H,8,11,18-20H2,1-2H3,(H,31,35)/t22-,25-/m0/s1. The maximum Gasteiger partial charge on any atom is 0.294 e. The number of nitrogens with one attached hydrogen (secondary N) is 1. The average molecular weight is 481 g/mol. The molecular weight excluding hydrogens is 448 g/mol. The minimum Gasteiger partial charge on any atom is -0.351 e. The Morgan fingerprint density at radius 2 is 1.75 bits per heavy atom. The second-order valence-corrected chi connectivity index (χ2v) is 9.73. The summed E-state index contributed by atoms with van der Waals surface area (Å²) >= 11 is 0. The quantitative estimate of drug-likeness (QED) is 0.429. The molecule has 6 nitrogen and oxygen atoms in total. The summed E-state index contributed by atoms with van der Waals surface area (Å²) in [5.74, 6) is 0.259. The van der Waals surface area contributed by atoms with Crippen LogP contribution in [0.15, 0.2) is 83.7 Å². The lowest BCUT2D eigenvalue weighted by Crippen LogP contribution is -2.46. The van der Waals surface area contributed by atoms with Crippen LogP contribution in [0.2, 0.25) is 0 Å². The molecule has 1 amide bonds. The first-order valence-electron chi connectivity index (χ1n) is 12.6. The van der Waals surface area contributed by atoms with Crippen LogP contribution in [0.4, 0.5) is 5.82 Å². The summed E-state index contributed by atoms with van der Waals surface area (Å²) in [5.41, 5.74) is 4.81. The summed E-state index contributed by atoms with van der Waals surface area (Å²) in [7, 11) is 0. The molecule has 0 spiro atoms. The maximum atomic E-state index is 13.8. The smallest absolute Gasteiger partial charge is 0.294 e. The van der Waals surface area contributed by atoms with E-state index in [0.717, 1.165) is 35.0 Å². The first-order valence-corrected chi connectivity index (χ1v) is 12.6. The highest BCUT2D eigenvalue weighted by Gasteiger charge is 2.29. The number of nitrogens with zero attached hydrogens (tertiary/aromatic N) is 3. The Labute approximate surface area is 211 Å². The van der Waals surface area contributed by atoms with E-state index in [4.69, 9.17) is 4.98 Å². The molecular formula is C30H32N4O2. The third kappa shape index (κ3) is 5.03. The molecule has 1 fully saturated rings. The van der Waals surface area contributed by atoms with E-state index in [1.165, 1.54) is 5.56 Å². The number of amides is 1. The fourth-order valence-corrected chi connectivity index (χ4v) is 4.96. The minimum absolute atomic E-state index is 0.0248. The third-order valence-corrected chi connectivity index (χ3v) is 7.05. The Balaban J connectivity index is 1.41. The van der Waals surface area contributed by atoms with E-state index in [1.54, 1.807) is 0 Å². The highest BCUT2D eigenvalue weighted by atomic mass is 16.2. The summed E-state index contributed by atoms with van der Waals surface area (Å²) in [4.78, 5) is 33.7. The number of carbonyl (C=O) groups is 1. The van der Waals surface area contributed by atoms with E-state index in [0.29, 0.717) is 25.5 Å². The number of anilines is 1. The second kappa shape index (κ2) is 10.4. The molecule has 6 heteroatoms. The van der Waals surface area contributed by atoms with Crippen molar-refractivity contribution in [2.45, 2.75) is 39.3 Å². The molecule has 1 aliphatic rings. The molecule has 36 heavy (non-hydrogen) atoms. The van der Waals surface area contributed by atoms with Gasteiger partial charge in [0.1, 0.15) is 0 Å². The molecule has 1 saturated heterocycles. The van der Waals surface area contributed by atoms with Crippen molar-refractivity contribution in [3.8, 4) is 0 Å². The van der Waals surface area contributed by atoms with Gasteiger partial charge in [0.05, 0.1) is 29.5 Å². The zero-order valence-corrected chi connectivity index (χ0v) is 20.9. The maximum absolute atomic E-state index is 13.8. The molecule has 2 heterocycles. The van der Waals surface area contributed by atoms with Crippen LogP contribution in [0.1, 0.15) is 42.5 Å². The Hall–Kier alpha value is -3.93. The van der Waals surface area contributed by atoms with Crippen LogP contribution in [0.25, 0.3) is 11.0 Å². The van der Waals surface area contributed by atoms with Crippen LogP contribution in [0.5, 0.6) is 0 Å². The molecule has 0 unspecified atom stereocenters. The lowest BCUT2D eigenvalue weighted by atomic mass is 9.96. The minimum atomic E-state index is -0.192. The highest BCUT2D eigenvalue weighted by molar-refractivity contribution is 5.80. The molecule has 0 radical (unpaired) electrons. The van der Waals surface area contributed by atoms with Gasteiger partial charge in [0.2, 0.25) is 5.91 Å². The molecule has 184 valence electrons. The summed E-state index contributed by atoms with van der Waals surface area (Å²) in [5, 5.41) is 3.16. The number of para-hydroxylation sites is 2. The molecule has 2 atom stereocenters. The SMILES string of the molecule is Cc1ccc(Cn2c(=O)c(N3CCC[C@H](C(=O)N[C@@H](C)c4ccccc4)C3)nc3ccccc32)cc1. The van der Waals surface area contributed by atoms with Gasteiger partial charge >= 0.3 is 0 Å². The van der Waals surface area contributed by atoms with E-state index in [9.17, 15) is 9.59 Å². The summed E-state index contributed by atoms with van der Waals surface area (Å²) in [6.07, 6.45) is 1.64. The van der Waals surface area contributed by atoms with E-state index >= 15 is 0 Å². The van der Waals surface area contributed by atoms with Gasteiger partial charge in [-0.15, -0.1) is 0 Å². The van der Waals surface area contributed by atoms with Gasteiger partial charge in [-0.25, -0.2) is 4.98 Å². The number of aromatic nitrogens is 2. The number of aryl methyl sites for hydroxylation is 1. The van der Waals surface area contributed by atoms with Crippen molar-refractivity contribution in [3.05, 3.63) is 106 Å². The van der Waals surface area contributed by atoms with Crippen LogP contribution in [0.3, 0.4) is 0 Å². The van der Waals surface area contributed by atoms with Crippen molar-refractivity contribution in [1.82, 2.24) is 14.9 Å². The number of fused-ring (bicyclic) bond motifs is 1. The van der Waals surface area contributed by atoms with Crippen molar-refractivity contribution in [2.24, 2.45) is 5.92 Å². The fraction of sp³-hybridized carbons (Fsp3) is 0.300. The molecule has 0 saturated carbocycles. The number of carbonyl (C=O) groups excluding carboxylic acids is 1. The molecule has 0 bridgehead atoms. The van der Waals surface area contributed by atoms with Gasteiger partial charge in [-0.05, 0) is 49.9 Å². The molecule has 1 N–H and O–H groups in total. The van der Waals surface area contributed by atoms with Crippen molar-refractivity contribution < 1.29 is 4.79 Å². The second-order valence-electron chi connectivity index (χ2n) is 9.73. The lowest BCUT2D eigenvalue weighted by Gasteiger charge is -2.33. The van der Waals surface area contributed by atoms with Crippen molar-refractivity contribution in [3.63, 3.8) is 0 Å². The molecule has 4 aromatic rings. The fourth-order valence-electron chi connectivity index (χ4n) is 4.96. The number of rotatable bonds is 6. The number of benzene rings is 3. The largest absolute Gasteiger partial charge is 0.351 e. The first kappa shape index (κ1) is 23.8. The molecule has 0 aliphatic carbocycles. The molecule has 1 aromatic heterocycles. The van der Waals surface area contributed by atoms with Crippen LogP contribution in [0, 0.1) is 12.8 Å². The Kier molecular flexibility index (Phi) is 6.85. The first-order chi connectivity index (χ1) is 17.5. The predicted octanol–water partition coefficient (Wildman–Crippen LogP) is 4.85. The summed E-state index contributed by atoms with van der Waals surface area (Å²) in [6.45, 7) is 5.73. The number of hydrogen-bond acceptors (Lipinski definition) is 4. The van der Waals surface area contributed by atoms with Crippen molar-refractivity contribution in [2.75, 3.05) is 18.0 Å².